The average molecular weight is 476 g/mol. The third-order valence-corrected chi connectivity index (χ3v) is 4.04. The first-order valence-electron chi connectivity index (χ1n) is 8.28. The van der Waals surface area contributed by atoms with E-state index in [1.807, 2.05) is 23.7 Å². The smallest absolute Gasteiger partial charge is 0.190 e. The van der Waals surface area contributed by atoms with Crippen molar-refractivity contribution in [3.63, 3.8) is 0 Å². The second-order valence-corrected chi connectivity index (χ2v) is 6.24. The zero-order chi connectivity index (χ0) is 17.4. The van der Waals surface area contributed by atoms with E-state index in [1.54, 1.807) is 7.05 Å². The highest BCUT2D eigenvalue weighted by Crippen LogP contribution is 2.09. The lowest BCUT2D eigenvalue weighted by Gasteiger charge is -2.12. The number of hydrogen-bond acceptors (Lipinski definition) is 2. The molecule has 2 aromatic rings. The largest absolute Gasteiger partial charge is 0.356 e. The highest BCUT2D eigenvalue weighted by Gasteiger charge is 2.01. The molecule has 25 heavy (non-hydrogen) atoms. The molecule has 0 saturated heterocycles. The minimum atomic E-state index is 0. The summed E-state index contributed by atoms with van der Waals surface area (Å²) in [5, 5.41) is 11.9. The van der Waals surface area contributed by atoms with Crippen molar-refractivity contribution >= 4 is 41.5 Å². The maximum absolute atomic E-state index is 5.89. The Labute approximate surface area is 172 Å². The van der Waals surface area contributed by atoms with Gasteiger partial charge >= 0.3 is 0 Å². The Morgan fingerprint density at radius 3 is 2.44 bits per heavy atom. The lowest BCUT2D eigenvalue weighted by Crippen LogP contribution is -2.39. The Hall–Kier alpha value is -1.28. The van der Waals surface area contributed by atoms with Crippen molar-refractivity contribution in [2.75, 3.05) is 20.1 Å². The average Bonchev–Trinajstić information content (AvgIpc) is 2.89. The summed E-state index contributed by atoms with van der Waals surface area (Å²) in [6.07, 6.45) is 1.93. The van der Waals surface area contributed by atoms with E-state index in [2.05, 4.69) is 45.8 Å². The van der Waals surface area contributed by atoms with Crippen LogP contribution in [-0.4, -0.2) is 35.9 Å². The number of hydrogen-bond donors (Lipinski definition) is 2. The van der Waals surface area contributed by atoms with Gasteiger partial charge in [-0.15, -0.1) is 24.0 Å². The van der Waals surface area contributed by atoms with Crippen LogP contribution in [0.3, 0.4) is 0 Å². The van der Waals surface area contributed by atoms with Crippen LogP contribution >= 0.6 is 35.6 Å². The lowest BCUT2D eigenvalue weighted by atomic mass is 10.1. The minimum Gasteiger partial charge on any atom is -0.356 e. The molecule has 1 aromatic heterocycles. The molecule has 0 aliphatic carbocycles. The van der Waals surface area contributed by atoms with Crippen molar-refractivity contribution in [3.8, 4) is 0 Å². The first kappa shape index (κ1) is 21.8. The molecule has 0 aliphatic rings. The number of benzene rings is 1. The molecule has 0 amide bonds. The molecule has 2 rings (SSSR count). The molecule has 0 aliphatic heterocycles. The molecule has 7 heteroatoms. The van der Waals surface area contributed by atoms with Crippen molar-refractivity contribution in [2.45, 2.75) is 33.2 Å². The Kier molecular flexibility index (Phi) is 9.89. The van der Waals surface area contributed by atoms with Crippen molar-refractivity contribution in [3.05, 3.63) is 52.3 Å². The second kappa shape index (κ2) is 11.4. The van der Waals surface area contributed by atoms with Gasteiger partial charge in [0.2, 0.25) is 0 Å². The van der Waals surface area contributed by atoms with E-state index in [1.165, 1.54) is 11.3 Å². The molecule has 0 fully saturated rings. The highest BCUT2D eigenvalue weighted by atomic mass is 127. The molecule has 0 spiro atoms. The zero-order valence-corrected chi connectivity index (χ0v) is 18.1. The molecule has 0 bridgehead atoms. The molecule has 0 unspecified atom stereocenters. The van der Waals surface area contributed by atoms with Crippen LogP contribution in [0.2, 0.25) is 5.02 Å². The van der Waals surface area contributed by atoms with Crippen molar-refractivity contribution in [1.82, 2.24) is 20.4 Å². The van der Waals surface area contributed by atoms with Gasteiger partial charge in [-0.2, -0.15) is 5.10 Å². The second-order valence-electron chi connectivity index (χ2n) is 5.81. The summed E-state index contributed by atoms with van der Waals surface area (Å²) in [5.74, 6) is 0.831. The third-order valence-electron chi connectivity index (χ3n) is 3.79. The number of nitrogens with zero attached hydrogens (tertiary/aromatic N) is 3. The van der Waals surface area contributed by atoms with Crippen LogP contribution in [0.5, 0.6) is 0 Å². The Bertz CT molecular complexity index is 667. The molecule has 138 valence electrons. The number of aryl methyl sites for hydroxylation is 3. The fourth-order valence-corrected chi connectivity index (χ4v) is 2.66. The standard InChI is InChI=1S/C18H26ClN5.HI/c1-14-13-15(2)24(23-14)12-4-10-21-18(20-3)22-11-9-16-5-7-17(19)8-6-16;/h5-8,13H,4,9-12H2,1-3H3,(H2,20,21,22);1H. The van der Waals surface area contributed by atoms with Crippen LogP contribution in [-0.2, 0) is 13.0 Å². The van der Waals surface area contributed by atoms with Gasteiger partial charge in [-0.05, 0) is 50.5 Å². The molecule has 0 saturated carbocycles. The van der Waals surface area contributed by atoms with Crippen molar-refractivity contribution in [2.24, 2.45) is 4.99 Å². The third kappa shape index (κ3) is 7.64. The SMILES string of the molecule is CN=C(NCCCn1nc(C)cc1C)NCCc1ccc(Cl)cc1.I. The highest BCUT2D eigenvalue weighted by molar-refractivity contribution is 14.0. The van der Waals surface area contributed by atoms with Crippen LogP contribution in [0.25, 0.3) is 0 Å². The van der Waals surface area contributed by atoms with Crippen molar-refractivity contribution in [1.29, 1.82) is 0 Å². The van der Waals surface area contributed by atoms with Crippen LogP contribution in [0.1, 0.15) is 23.4 Å². The van der Waals surface area contributed by atoms with E-state index in [-0.39, 0.29) is 24.0 Å². The quantitative estimate of drug-likeness (QED) is 0.279. The number of nitrogens with one attached hydrogen (secondary N) is 2. The first-order chi connectivity index (χ1) is 11.6. The first-order valence-corrected chi connectivity index (χ1v) is 8.66. The predicted molar refractivity (Wildman–Crippen MR) is 116 cm³/mol. The summed E-state index contributed by atoms with van der Waals surface area (Å²) in [4.78, 5) is 4.25. The van der Waals surface area contributed by atoms with Gasteiger partial charge in [0, 0.05) is 37.4 Å². The number of rotatable bonds is 7. The van der Waals surface area contributed by atoms with E-state index < -0.39 is 0 Å². The Morgan fingerprint density at radius 1 is 1.16 bits per heavy atom. The molecule has 0 radical (unpaired) electrons. The van der Waals surface area contributed by atoms with Gasteiger partial charge in [-0.3, -0.25) is 9.67 Å². The monoisotopic (exact) mass is 475 g/mol. The van der Waals surface area contributed by atoms with Gasteiger partial charge < -0.3 is 10.6 Å². The number of halogens is 2. The summed E-state index contributed by atoms with van der Waals surface area (Å²) in [6, 6.07) is 10.0. The Morgan fingerprint density at radius 2 is 1.84 bits per heavy atom. The number of guanidine groups is 1. The normalized spacial score (nSPS) is 11.1. The summed E-state index contributed by atoms with van der Waals surface area (Å²) in [5.41, 5.74) is 3.53. The molecule has 1 aromatic carbocycles. The van der Waals surface area contributed by atoms with E-state index in [0.717, 1.165) is 49.2 Å². The summed E-state index contributed by atoms with van der Waals surface area (Å²) in [6.45, 7) is 6.71. The molecule has 0 atom stereocenters. The van der Waals surface area contributed by atoms with Crippen molar-refractivity contribution < 1.29 is 0 Å². The molecule has 5 nitrogen and oxygen atoms in total. The lowest BCUT2D eigenvalue weighted by molar-refractivity contribution is 0.555. The van der Waals surface area contributed by atoms with Crippen LogP contribution in [0.15, 0.2) is 35.3 Å². The van der Waals surface area contributed by atoms with Crippen LogP contribution < -0.4 is 10.6 Å². The van der Waals surface area contributed by atoms with Gasteiger partial charge in [0.05, 0.1) is 5.69 Å². The van der Waals surface area contributed by atoms with Gasteiger partial charge in [-0.1, -0.05) is 23.7 Å². The van der Waals surface area contributed by atoms with Crippen LogP contribution in [0, 0.1) is 13.8 Å². The van der Waals surface area contributed by atoms with Gasteiger partial charge in [0.25, 0.3) is 0 Å². The van der Waals surface area contributed by atoms with Gasteiger partial charge in [0.1, 0.15) is 0 Å². The minimum absolute atomic E-state index is 0. The van der Waals surface area contributed by atoms with E-state index in [9.17, 15) is 0 Å². The number of aliphatic imine (C=N–C) groups is 1. The topological polar surface area (TPSA) is 54.2 Å². The van der Waals surface area contributed by atoms with Crippen LogP contribution in [0.4, 0.5) is 0 Å². The Balaban J connectivity index is 0.00000312. The summed E-state index contributed by atoms with van der Waals surface area (Å²) in [7, 11) is 1.79. The maximum atomic E-state index is 5.89. The van der Waals surface area contributed by atoms with E-state index >= 15 is 0 Å². The molecular formula is C18H27ClIN5. The number of aromatic nitrogens is 2. The van der Waals surface area contributed by atoms with E-state index in [4.69, 9.17) is 11.6 Å². The maximum Gasteiger partial charge on any atom is 0.190 e. The summed E-state index contributed by atoms with van der Waals surface area (Å²) >= 11 is 5.89. The zero-order valence-electron chi connectivity index (χ0n) is 15.1. The fraction of sp³-hybridized carbons (Fsp3) is 0.444. The predicted octanol–water partition coefficient (Wildman–Crippen LogP) is 3.57. The molecule has 2 N–H and O–H groups in total. The summed E-state index contributed by atoms with van der Waals surface area (Å²) < 4.78 is 2.05. The fourth-order valence-electron chi connectivity index (χ4n) is 2.53. The van der Waals surface area contributed by atoms with Gasteiger partial charge in [-0.25, -0.2) is 0 Å². The van der Waals surface area contributed by atoms with Gasteiger partial charge in [0.15, 0.2) is 5.96 Å². The van der Waals surface area contributed by atoms with E-state index in [0.29, 0.717) is 0 Å². The molecule has 1 heterocycles. The molecular weight excluding hydrogens is 449 g/mol.